The maximum atomic E-state index is 12.2. The van der Waals surface area contributed by atoms with Crippen LogP contribution >= 0.6 is 11.8 Å². The number of anilines is 1. The summed E-state index contributed by atoms with van der Waals surface area (Å²) < 4.78 is 0. The summed E-state index contributed by atoms with van der Waals surface area (Å²) in [7, 11) is 1.65. The number of aryl methyl sites for hydroxylation is 3. The highest BCUT2D eigenvalue weighted by Gasteiger charge is 2.13. The molecule has 0 heterocycles. The molecule has 0 saturated heterocycles. The first-order valence-corrected chi connectivity index (χ1v) is 9.14. The van der Waals surface area contributed by atoms with Crippen molar-refractivity contribution < 1.29 is 9.59 Å². The second kappa shape index (κ2) is 8.72. The molecular formula is C20H24N2O2S. The molecule has 0 aliphatic rings. The SMILES string of the molecule is Cc1ccc(NC(=O)CN(C)C(=O)CSc2ccc(C)c(C)c2)cc1. The van der Waals surface area contributed by atoms with Gasteiger partial charge in [-0.1, -0.05) is 23.8 Å². The van der Waals surface area contributed by atoms with E-state index in [2.05, 4.69) is 31.3 Å². The Balaban J connectivity index is 1.81. The average Bonchev–Trinajstić information content (AvgIpc) is 2.57. The monoisotopic (exact) mass is 356 g/mol. The first-order chi connectivity index (χ1) is 11.8. The number of benzene rings is 2. The van der Waals surface area contributed by atoms with E-state index in [0.717, 1.165) is 16.1 Å². The minimum atomic E-state index is -0.198. The third-order valence-electron chi connectivity index (χ3n) is 3.98. The van der Waals surface area contributed by atoms with Crippen molar-refractivity contribution in [2.45, 2.75) is 25.7 Å². The van der Waals surface area contributed by atoms with E-state index >= 15 is 0 Å². The molecule has 0 bridgehead atoms. The van der Waals surface area contributed by atoms with Crippen molar-refractivity contribution >= 4 is 29.3 Å². The number of nitrogens with zero attached hydrogens (tertiary/aromatic N) is 1. The van der Waals surface area contributed by atoms with E-state index in [0.29, 0.717) is 5.75 Å². The van der Waals surface area contributed by atoms with E-state index in [1.54, 1.807) is 7.05 Å². The number of carbonyl (C=O) groups is 2. The molecule has 132 valence electrons. The average molecular weight is 356 g/mol. The lowest BCUT2D eigenvalue weighted by molar-refractivity contribution is -0.131. The lowest BCUT2D eigenvalue weighted by Crippen LogP contribution is -2.35. The summed E-state index contributed by atoms with van der Waals surface area (Å²) in [6.07, 6.45) is 0. The van der Waals surface area contributed by atoms with Crippen LogP contribution in [0.1, 0.15) is 16.7 Å². The van der Waals surface area contributed by atoms with Gasteiger partial charge in [0.15, 0.2) is 0 Å². The molecule has 0 atom stereocenters. The van der Waals surface area contributed by atoms with Crippen LogP contribution in [0.3, 0.4) is 0 Å². The zero-order chi connectivity index (χ0) is 18.4. The smallest absolute Gasteiger partial charge is 0.243 e. The fourth-order valence-corrected chi connectivity index (χ4v) is 3.13. The maximum Gasteiger partial charge on any atom is 0.243 e. The number of rotatable bonds is 6. The van der Waals surface area contributed by atoms with Crippen LogP contribution in [0.5, 0.6) is 0 Å². The van der Waals surface area contributed by atoms with Crippen molar-refractivity contribution in [3.8, 4) is 0 Å². The molecule has 2 aromatic rings. The molecular weight excluding hydrogens is 332 g/mol. The number of amides is 2. The van der Waals surface area contributed by atoms with E-state index in [4.69, 9.17) is 0 Å². The van der Waals surface area contributed by atoms with Crippen molar-refractivity contribution in [1.82, 2.24) is 4.90 Å². The van der Waals surface area contributed by atoms with Gasteiger partial charge >= 0.3 is 0 Å². The Labute approximate surface area is 153 Å². The van der Waals surface area contributed by atoms with Crippen LogP contribution in [0.25, 0.3) is 0 Å². The molecule has 4 nitrogen and oxygen atoms in total. The Morgan fingerprint density at radius 3 is 2.32 bits per heavy atom. The summed E-state index contributed by atoms with van der Waals surface area (Å²) in [5.41, 5.74) is 4.32. The van der Waals surface area contributed by atoms with Crippen molar-refractivity contribution in [2.75, 3.05) is 24.7 Å². The van der Waals surface area contributed by atoms with Crippen LogP contribution in [0.4, 0.5) is 5.69 Å². The number of nitrogens with one attached hydrogen (secondary N) is 1. The third-order valence-corrected chi connectivity index (χ3v) is 4.96. The molecule has 2 rings (SSSR count). The van der Waals surface area contributed by atoms with E-state index in [9.17, 15) is 9.59 Å². The number of hydrogen-bond acceptors (Lipinski definition) is 3. The van der Waals surface area contributed by atoms with Crippen molar-refractivity contribution in [1.29, 1.82) is 0 Å². The van der Waals surface area contributed by atoms with Gasteiger partial charge in [0.05, 0.1) is 12.3 Å². The van der Waals surface area contributed by atoms with Gasteiger partial charge in [0.1, 0.15) is 0 Å². The summed E-state index contributed by atoms with van der Waals surface area (Å²) in [6, 6.07) is 13.7. The molecule has 0 spiro atoms. The Morgan fingerprint density at radius 2 is 1.68 bits per heavy atom. The number of hydrogen-bond donors (Lipinski definition) is 1. The van der Waals surface area contributed by atoms with Gasteiger partial charge in [-0.25, -0.2) is 0 Å². The molecule has 0 aliphatic carbocycles. The summed E-state index contributed by atoms with van der Waals surface area (Å²) in [5, 5.41) is 2.80. The van der Waals surface area contributed by atoms with E-state index in [1.165, 1.54) is 27.8 Å². The maximum absolute atomic E-state index is 12.2. The topological polar surface area (TPSA) is 49.4 Å². The number of carbonyl (C=O) groups excluding carboxylic acids is 2. The highest BCUT2D eigenvalue weighted by atomic mass is 32.2. The molecule has 0 aromatic heterocycles. The lowest BCUT2D eigenvalue weighted by atomic mass is 10.1. The summed E-state index contributed by atoms with van der Waals surface area (Å²) in [6.45, 7) is 6.16. The second-order valence-corrected chi connectivity index (χ2v) is 7.25. The van der Waals surface area contributed by atoms with Crippen molar-refractivity contribution in [3.05, 3.63) is 59.2 Å². The molecule has 2 aromatic carbocycles. The Kier molecular flexibility index (Phi) is 6.65. The largest absolute Gasteiger partial charge is 0.336 e. The standard InChI is InChI=1S/C20H24N2O2S/c1-14-5-8-17(9-6-14)21-19(23)12-22(4)20(24)13-25-18-10-7-15(2)16(3)11-18/h5-11H,12-13H2,1-4H3,(H,21,23). The first kappa shape index (κ1) is 19.1. The normalized spacial score (nSPS) is 10.4. The van der Waals surface area contributed by atoms with Crippen LogP contribution in [0.2, 0.25) is 0 Å². The first-order valence-electron chi connectivity index (χ1n) is 8.15. The fourth-order valence-electron chi connectivity index (χ4n) is 2.20. The predicted molar refractivity (Wildman–Crippen MR) is 104 cm³/mol. The zero-order valence-corrected chi connectivity index (χ0v) is 15.9. The third kappa shape index (κ3) is 5.94. The van der Waals surface area contributed by atoms with Gasteiger partial charge in [-0.15, -0.1) is 11.8 Å². The van der Waals surface area contributed by atoms with Crippen LogP contribution in [0, 0.1) is 20.8 Å². The predicted octanol–water partition coefficient (Wildman–Crippen LogP) is 3.80. The van der Waals surface area contributed by atoms with E-state index < -0.39 is 0 Å². The van der Waals surface area contributed by atoms with Gasteiger partial charge in [0, 0.05) is 17.6 Å². The highest BCUT2D eigenvalue weighted by molar-refractivity contribution is 8.00. The highest BCUT2D eigenvalue weighted by Crippen LogP contribution is 2.21. The van der Waals surface area contributed by atoms with Crippen LogP contribution < -0.4 is 5.32 Å². The number of thioether (sulfide) groups is 1. The number of likely N-dealkylation sites (N-methyl/N-ethyl adjacent to an activating group) is 1. The summed E-state index contributed by atoms with van der Waals surface area (Å²) in [4.78, 5) is 26.8. The molecule has 2 amide bonds. The Bertz CT molecular complexity index is 757. The Morgan fingerprint density at radius 1 is 1.00 bits per heavy atom. The van der Waals surface area contributed by atoms with Gasteiger partial charge in [-0.3, -0.25) is 9.59 Å². The summed E-state index contributed by atoms with van der Waals surface area (Å²) in [5.74, 6) is 0.0507. The molecule has 25 heavy (non-hydrogen) atoms. The van der Waals surface area contributed by atoms with Crippen LogP contribution in [0.15, 0.2) is 47.4 Å². The molecule has 0 saturated carbocycles. The van der Waals surface area contributed by atoms with Crippen molar-refractivity contribution in [2.24, 2.45) is 0 Å². The minimum Gasteiger partial charge on any atom is -0.336 e. The molecule has 1 N–H and O–H groups in total. The lowest BCUT2D eigenvalue weighted by Gasteiger charge is -2.17. The molecule has 0 radical (unpaired) electrons. The summed E-state index contributed by atoms with van der Waals surface area (Å²) >= 11 is 1.49. The van der Waals surface area contributed by atoms with Gasteiger partial charge < -0.3 is 10.2 Å². The molecule has 0 fully saturated rings. The fraction of sp³-hybridized carbons (Fsp3) is 0.300. The van der Waals surface area contributed by atoms with E-state index in [1.807, 2.05) is 37.3 Å². The Hall–Kier alpha value is -2.27. The minimum absolute atomic E-state index is 0.0419. The van der Waals surface area contributed by atoms with Gasteiger partial charge in [0.2, 0.25) is 11.8 Å². The van der Waals surface area contributed by atoms with Gasteiger partial charge in [0.25, 0.3) is 0 Å². The van der Waals surface area contributed by atoms with Gasteiger partial charge in [-0.05, 0) is 56.2 Å². The van der Waals surface area contributed by atoms with Crippen LogP contribution in [-0.4, -0.2) is 36.1 Å². The quantitative estimate of drug-likeness (QED) is 0.801. The second-order valence-electron chi connectivity index (χ2n) is 6.20. The molecule has 5 heteroatoms. The van der Waals surface area contributed by atoms with Gasteiger partial charge in [-0.2, -0.15) is 0 Å². The molecule has 0 aliphatic heterocycles. The van der Waals surface area contributed by atoms with E-state index in [-0.39, 0.29) is 18.4 Å². The van der Waals surface area contributed by atoms with Crippen molar-refractivity contribution in [3.63, 3.8) is 0 Å². The van der Waals surface area contributed by atoms with Crippen LogP contribution in [-0.2, 0) is 9.59 Å². The molecule has 0 unspecified atom stereocenters. The zero-order valence-electron chi connectivity index (χ0n) is 15.1.